The molecule has 1 aromatic heterocycles. The molecule has 0 radical (unpaired) electrons. The molecule has 0 aliphatic rings. The molecule has 34 heavy (non-hydrogen) atoms. The van der Waals surface area contributed by atoms with Crippen molar-refractivity contribution in [3.05, 3.63) is 91.6 Å². The number of benzene rings is 2. The minimum atomic E-state index is -4.87. The van der Waals surface area contributed by atoms with Gasteiger partial charge in [0.15, 0.2) is 0 Å². The van der Waals surface area contributed by atoms with Crippen LogP contribution in [0.2, 0.25) is 20.1 Å². The van der Waals surface area contributed by atoms with Gasteiger partial charge >= 0.3 is 6.18 Å². The number of hydrogen-bond donors (Lipinski definition) is 2. The van der Waals surface area contributed by atoms with Gasteiger partial charge in [0.1, 0.15) is 11.7 Å². The predicted molar refractivity (Wildman–Crippen MR) is 124 cm³/mol. The molecule has 0 spiro atoms. The molecule has 2 aromatic carbocycles. The summed E-state index contributed by atoms with van der Waals surface area (Å²) in [6.45, 7) is 0. The largest absolute Gasteiger partial charge is 0.399 e. The molecule has 178 valence electrons. The standard InChI is InChI=1S/C21H12Cl4F4N4O/c22-14-6-10(2-3-12(14)19(34)32-33-20-30-4-1-5-31-20)17(26)9-13(21(27,28)29)11-7-15(23)18(25)16(24)8-11/h1-9,13H,(H,32,34)(H,30,31,33). The van der Waals surface area contributed by atoms with E-state index in [1.165, 1.54) is 12.4 Å². The topological polar surface area (TPSA) is 66.9 Å². The molecule has 0 aliphatic carbocycles. The fraction of sp³-hybridized carbons (Fsp3) is 0.0952. The quantitative estimate of drug-likeness (QED) is 0.188. The van der Waals surface area contributed by atoms with Crippen LogP contribution in [0.25, 0.3) is 5.83 Å². The molecular formula is C21H12Cl4F4N4O. The summed E-state index contributed by atoms with van der Waals surface area (Å²) in [4.78, 5) is 20.0. The highest BCUT2D eigenvalue weighted by Crippen LogP contribution is 2.42. The summed E-state index contributed by atoms with van der Waals surface area (Å²) in [5.74, 6) is -4.20. The number of hydrogen-bond acceptors (Lipinski definition) is 4. The molecule has 0 aliphatic heterocycles. The zero-order valence-electron chi connectivity index (χ0n) is 16.6. The average molecular weight is 554 g/mol. The van der Waals surface area contributed by atoms with Crippen molar-refractivity contribution in [1.29, 1.82) is 0 Å². The van der Waals surface area contributed by atoms with Crippen molar-refractivity contribution in [3.8, 4) is 0 Å². The highest BCUT2D eigenvalue weighted by molar-refractivity contribution is 6.48. The molecule has 2 N–H and O–H groups in total. The molecule has 3 aromatic rings. The number of carbonyl (C=O) groups excluding carboxylic acids is 1. The van der Waals surface area contributed by atoms with Crippen LogP contribution in [0.15, 0.2) is 54.9 Å². The summed E-state index contributed by atoms with van der Waals surface area (Å²) in [5, 5.41) is -0.734. The number of nitrogens with zero attached hydrogens (tertiary/aromatic N) is 2. The minimum Gasteiger partial charge on any atom is -0.267 e. The van der Waals surface area contributed by atoms with Crippen LogP contribution >= 0.6 is 46.4 Å². The summed E-state index contributed by atoms with van der Waals surface area (Å²) < 4.78 is 55.9. The van der Waals surface area contributed by atoms with Crippen LogP contribution < -0.4 is 10.9 Å². The molecule has 0 bridgehead atoms. The maximum absolute atomic E-state index is 14.8. The molecule has 0 fully saturated rings. The lowest BCUT2D eigenvalue weighted by Gasteiger charge is -2.19. The first-order chi connectivity index (χ1) is 16.0. The van der Waals surface area contributed by atoms with E-state index in [1.807, 2.05) is 0 Å². The third-order valence-corrected chi connectivity index (χ3v) is 5.88. The van der Waals surface area contributed by atoms with E-state index >= 15 is 0 Å². The monoisotopic (exact) mass is 552 g/mol. The second-order valence-corrected chi connectivity index (χ2v) is 8.28. The van der Waals surface area contributed by atoms with Crippen LogP contribution in [0.3, 0.4) is 0 Å². The Morgan fingerprint density at radius 2 is 1.59 bits per heavy atom. The lowest BCUT2D eigenvalue weighted by Crippen LogP contribution is -2.30. The lowest BCUT2D eigenvalue weighted by atomic mass is 9.96. The fourth-order valence-electron chi connectivity index (χ4n) is 2.77. The van der Waals surface area contributed by atoms with Crippen LogP contribution in [0.5, 0.6) is 0 Å². The molecule has 13 heteroatoms. The summed E-state index contributed by atoms with van der Waals surface area (Å²) in [6, 6.07) is 6.79. The van der Waals surface area contributed by atoms with Crippen LogP contribution in [0, 0.1) is 0 Å². The van der Waals surface area contributed by atoms with E-state index in [-0.39, 0.29) is 37.2 Å². The Labute approximate surface area is 210 Å². The van der Waals surface area contributed by atoms with Gasteiger partial charge in [-0.1, -0.05) is 52.5 Å². The zero-order chi connectivity index (χ0) is 25.0. The average Bonchev–Trinajstić information content (AvgIpc) is 2.78. The Morgan fingerprint density at radius 3 is 2.15 bits per heavy atom. The van der Waals surface area contributed by atoms with Gasteiger partial charge < -0.3 is 0 Å². The number of amides is 1. The van der Waals surface area contributed by atoms with Crippen molar-refractivity contribution >= 4 is 64.1 Å². The predicted octanol–water partition coefficient (Wildman–Crippen LogP) is 7.50. The molecule has 1 atom stereocenters. The van der Waals surface area contributed by atoms with Gasteiger partial charge in [-0.2, -0.15) is 13.2 Å². The van der Waals surface area contributed by atoms with Crippen molar-refractivity contribution < 1.29 is 22.4 Å². The van der Waals surface area contributed by atoms with E-state index in [9.17, 15) is 22.4 Å². The normalized spacial score (nSPS) is 12.9. The molecule has 5 nitrogen and oxygen atoms in total. The van der Waals surface area contributed by atoms with Gasteiger partial charge in [0.25, 0.3) is 5.91 Å². The molecule has 3 rings (SSSR count). The van der Waals surface area contributed by atoms with Gasteiger partial charge in [-0.25, -0.2) is 14.4 Å². The van der Waals surface area contributed by atoms with Crippen molar-refractivity contribution in [2.24, 2.45) is 0 Å². The maximum atomic E-state index is 14.8. The van der Waals surface area contributed by atoms with Gasteiger partial charge in [-0.15, -0.1) is 0 Å². The van der Waals surface area contributed by atoms with E-state index in [2.05, 4.69) is 20.8 Å². The van der Waals surface area contributed by atoms with Crippen LogP contribution in [0.1, 0.15) is 27.4 Å². The summed E-state index contributed by atoms with van der Waals surface area (Å²) in [5.41, 5.74) is 4.02. The number of nitrogens with one attached hydrogen (secondary N) is 2. The number of carbonyl (C=O) groups is 1. The van der Waals surface area contributed by atoms with Crippen LogP contribution in [-0.2, 0) is 0 Å². The van der Waals surface area contributed by atoms with Crippen molar-refractivity contribution in [2.75, 3.05) is 5.43 Å². The van der Waals surface area contributed by atoms with Gasteiger partial charge in [0.2, 0.25) is 5.95 Å². The number of alkyl halides is 3. The Kier molecular flexibility index (Phi) is 8.25. The number of rotatable bonds is 6. The smallest absolute Gasteiger partial charge is 0.267 e. The molecule has 1 amide bonds. The fourth-order valence-corrected chi connectivity index (χ4v) is 3.65. The number of halogens is 8. The van der Waals surface area contributed by atoms with Gasteiger partial charge in [0, 0.05) is 18.0 Å². The van der Waals surface area contributed by atoms with Crippen molar-refractivity contribution in [1.82, 2.24) is 15.4 Å². The van der Waals surface area contributed by atoms with E-state index < -0.39 is 29.4 Å². The number of anilines is 1. The maximum Gasteiger partial charge on any atom is 0.399 e. The molecule has 1 unspecified atom stereocenters. The first-order valence-corrected chi connectivity index (χ1v) is 10.7. The second kappa shape index (κ2) is 10.8. The van der Waals surface area contributed by atoms with Crippen LogP contribution in [0.4, 0.5) is 23.5 Å². The Hall–Kier alpha value is -2.59. The van der Waals surface area contributed by atoms with Crippen LogP contribution in [-0.4, -0.2) is 22.1 Å². The Balaban J connectivity index is 1.86. The van der Waals surface area contributed by atoms with E-state index in [4.69, 9.17) is 46.4 Å². The molecule has 0 saturated carbocycles. The first kappa shape index (κ1) is 26.0. The summed E-state index contributed by atoms with van der Waals surface area (Å²) in [6.07, 6.45) is -1.63. The van der Waals surface area contributed by atoms with Gasteiger partial charge in [0.05, 0.1) is 25.7 Å². The van der Waals surface area contributed by atoms with E-state index in [1.54, 1.807) is 6.07 Å². The highest BCUT2D eigenvalue weighted by Gasteiger charge is 2.40. The number of hydrazine groups is 1. The van der Waals surface area contributed by atoms with E-state index in [0.29, 0.717) is 6.08 Å². The SMILES string of the molecule is O=C(NNc1ncccn1)c1ccc(C(F)=CC(c2cc(Cl)c(Cl)c(Cl)c2)C(F)(F)F)cc1Cl. The first-order valence-electron chi connectivity index (χ1n) is 9.19. The zero-order valence-corrected chi connectivity index (χ0v) is 19.6. The van der Waals surface area contributed by atoms with Gasteiger partial charge in [-0.3, -0.25) is 15.6 Å². The van der Waals surface area contributed by atoms with Crippen molar-refractivity contribution in [2.45, 2.75) is 12.1 Å². The minimum absolute atomic E-state index is 0.0646. The van der Waals surface area contributed by atoms with Crippen molar-refractivity contribution in [3.63, 3.8) is 0 Å². The lowest BCUT2D eigenvalue weighted by molar-refractivity contribution is -0.139. The summed E-state index contributed by atoms with van der Waals surface area (Å²) >= 11 is 23.5. The summed E-state index contributed by atoms with van der Waals surface area (Å²) in [7, 11) is 0. The third kappa shape index (κ3) is 6.29. The molecular weight excluding hydrogens is 542 g/mol. The molecule has 0 saturated heterocycles. The van der Waals surface area contributed by atoms with E-state index in [0.717, 1.165) is 30.3 Å². The Morgan fingerprint density at radius 1 is 0.971 bits per heavy atom. The van der Waals surface area contributed by atoms with Gasteiger partial charge in [-0.05, 0) is 42.0 Å². The number of aromatic nitrogens is 2. The second-order valence-electron chi connectivity index (χ2n) is 6.68. The number of allylic oxidation sites excluding steroid dienone is 1. The molecule has 1 heterocycles. The Bertz CT molecular complexity index is 1220. The highest BCUT2D eigenvalue weighted by atomic mass is 35.5. The third-order valence-electron chi connectivity index (χ3n) is 4.37.